The van der Waals surface area contributed by atoms with Crippen molar-refractivity contribution < 1.29 is 9.53 Å². The maximum Gasteiger partial charge on any atom is 0.206 e. The summed E-state index contributed by atoms with van der Waals surface area (Å²) in [5.74, 6) is 0.462. The van der Waals surface area contributed by atoms with Gasteiger partial charge in [0, 0.05) is 37.2 Å². The maximum atomic E-state index is 12.8. The molecule has 0 saturated heterocycles. The molecule has 2 heterocycles. The van der Waals surface area contributed by atoms with Gasteiger partial charge in [-0.15, -0.1) is 10.2 Å². The van der Waals surface area contributed by atoms with E-state index in [4.69, 9.17) is 4.74 Å². The summed E-state index contributed by atoms with van der Waals surface area (Å²) in [5.41, 5.74) is 4.10. The number of hydrogen-bond acceptors (Lipinski definition) is 7. The predicted octanol–water partition coefficient (Wildman–Crippen LogP) is 4.04. The fourth-order valence-corrected chi connectivity index (χ4v) is 4.56. The van der Waals surface area contributed by atoms with Crippen molar-refractivity contribution in [3.63, 3.8) is 0 Å². The van der Waals surface area contributed by atoms with Gasteiger partial charge in [-0.1, -0.05) is 53.4 Å². The number of ether oxygens (including phenoxy) is 1. The van der Waals surface area contributed by atoms with Crippen LogP contribution in [0.4, 0.5) is 5.13 Å². The Kier molecular flexibility index (Phi) is 7.24. The number of anilines is 1. The Balaban J connectivity index is 1.61. The number of carbonyl (C=O) groups excluding carboxylic acids is 1. The summed E-state index contributed by atoms with van der Waals surface area (Å²) in [6.45, 7) is 6.12. The molecule has 6 nitrogen and oxygen atoms in total. The molecule has 3 aromatic rings. The lowest BCUT2D eigenvalue weighted by atomic mass is 10.2. The van der Waals surface area contributed by atoms with Crippen molar-refractivity contribution in [2.45, 2.75) is 24.7 Å². The number of aryl methyl sites for hydroxylation is 1. The number of nitrogens with one attached hydrogen (secondary N) is 1. The summed E-state index contributed by atoms with van der Waals surface area (Å²) in [6, 6.07) is 12.3. The van der Waals surface area contributed by atoms with Crippen LogP contribution in [0.15, 0.2) is 40.7 Å². The van der Waals surface area contributed by atoms with E-state index in [1.54, 1.807) is 7.11 Å². The molecule has 3 rings (SSSR count). The Morgan fingerprint density at radius 2 is 2.04 bits per heavy atom. The van der Waals surface area contributed by atoms with Gasteiger partial charge in [-0.05, 0) is 25.5 Å². The highest BCUT2D eigenvalue weighted by molar-refractivity contribution is 8.01. The fraction of sp³-hybridized carbons (Fsp3) is 0.350. The molecular formula is C20H24N4O2S2. The van der Waals surface area contributed by atoms with Gasteiger partial charge in [0.15, 0.2) is 10.1 Å². The van der Waals surface area contributed by atoms with Crippen molar-refractivity contribution in [1.82, 2.24) is 14.8 Å². The van der Waals surface area contributed by atoms with Crippen LogP contribution >= 0.6 is 23.1 Å². The highest BCUT2D eigenvalue weighted by Crippen LogP contribution is 2.27. The zero-order valence-corrected chi connectivity index (χ0v) is 17.9. The van der Waals surface area contributed by atoms with E-state index >= 15 is 0 Å². The molecule has 0 spiro atoms. The smallest absolute Gasteiger partial charge is 0.206 e. The van der Waals surface area contributed by atoms with E-state index in [1.165, 1.54) is 28.7 Å². The van der Waals surface area contributed by atoms with Crippen LogP contribution in [0.3, 0.4) is 0 Å². The quantitative estimate of drug-likeness (QED) is 0.306. The molecule has 0 saturated carbocycles. The molecule has 0 aliphatic rings. The van der Waals surface area contributed by atoms with Gasteiger partial charge in [-0.25, -0.2) is 0 Å². The van der Waals surface area contributed by atoms with Gasteiger partial charge in [0.05, 0.1) is 12.4 Å². The molecule has 2 aromatic heterocycles. The lowest BCUT2D eigenvalue weighted by molar-refractivity contribution is 0.102. The number of Topliss-reactive ketones (excluding diaryl/α,β-unsaturated/α-hetero) is 1. The Labute approximate surface area is 173 Å². The largest absolute Gasteiger partial charge is 0.383 e. The molecule has 28 heavy (non-hydrogen) atoms. The van der Waals surface area contributed by atoms with Crippen LogP contribution in [0.2, 0.25) is 0 Å². The Hall–Kier alpha value is -2.16. The molecule has 0 fully saturated rings. The van der Waals surface area contributed by atoms with Crippen molar-refractivity contribution in [3.05, 3.63) is 58.9 Å². The first-order chi connectivity index (χ1) is 13.6. The predicted molar refractivity (Wildman–Crippen MR) is 115 cm³/mol. The van der Waals surface area contributed by atoms with Crippen molar-refractivity contribution >= 4 is 34.0 Å². The fourth-order valence-electron chi connectivity index (χ4n) is 2.90. The lowest BCUT2D eigenvalue weighted by Gasteiger charge is -2.09. The van der Waals surface area contributed by atoms with Crippen LogP contribution in [0.5, 0.6) is 0 Å². The summed E-state index contributed by atoms with van der Waals surface area (Å²) in [7, 11) is 1.66. The normalized spacial score (nSPS) is 11.0. The average molecular weight is 417 g/mol. The van der Waals surface area contributed by atoms with Gasteiger partial charge < -0.3 is 14.6 Å². The molecule has 148 valence electrons. The number of carbonyl (C=O) groups is 1. The van der Waals surface area contributed by atoms with Crippen LogP contribution in [0, 0.1) is 13.8 Å². The average Bonchev–Trinajstić information content (AvgIpc) is 3.27. The minimum Gasteiger partial charge on any atom is -0.383 e. The maximum absolute atomic E-state index is 12.8. The standard InChI is InChI=1S/C20H24N4O2S2/c1-14-11-17(15(2)24(14)12-16-7-5-4-6-8-16)18(25)13-27-20-23-22-19(28-20)21-9-10-26-3/h4-8,11H,9-10,12-13H2,1-3H3,(H,21,22). The first-order valence-corrected chi connectivity index (χ1v) is 10.8. The molecule has 0 aliphatic carbocycles. The van der Waals surface area contributed by atoms with Gasteiger partial charge in [0.25, 0.3) is 0 Å². The molecular weight excluding hydrogens is 392 g/mol. The SMILES string of the molecule is COCCNc1nnc(SCC(=O)c2cc(C)n(Cc3ccccc3)c2C)s1. The Bertz CT molecular complexity index is 922. The summed E-state index contributed by atoms with van der Waals surface area (Å²) < 4.78 is 7.97. The molecule has 0 atom stereocenters. The number of methoxy groups -OCH3 is 1. The van der Waals surface area contributed by atoms with Crippen LogP contribution in [0.25, 0.3) is 0 Å². The van der Waals surface area contributed by atoms with Gasteiger partial charge in [0.1, 0.15) is 0 Å². The molecule has 1 N–H and O–H groups in total. The number of thioether (sulfide) groups is 1. The molecule has 0 bridgehead atoms. The number of hydrogen-bond donors (Lipinski definition) is 1. The topological polar surface area (TPSA) is 69.0 Å². The van der Waals surface area contributed by atoms with E-state index in [9.17, 15) is 4.79 Å². The van der Waals surface area contributed by atoms with E-state index in [0.717, 1.165) is 33.0 Å². The van der Waals surface area contributed by atoms with Crippen LogP contribution < -0.4 is 5.32 Å². The van der Waals surface area contributed by atoms with Crippen LogP contribution in [-0.2, 0) is 11.3 Å². The van der Waals surface area contributed by atoms with E-state index in [-0.39, 0.29) is 5.78 Å². The van der Waals surface area contributed by atoms with Gasteiger partial charge in [-0.3, -0.25) is 4.79 Å². The highest BCUT2D eigenvalue weighted by atomic mass is 32.2. The molecule has 0 radical (unpaired) electrons. The zero-order chi connectivity index (χ0) is 19.9. The van der Waals surface area contributed by atoms with Gasteiger partial charge >= 0.3 is 0 Å². The first-order valence-electron chi connectivity index (χ1n) is 9.01. The van der Waals surface area contributed by atoms with Crippen molar-refractivity contribution in [2.75, 3.05) is 31.3 Å². The summed E-state index contributed by atoms with van der Waals surface area (Å²) in [5, 5.41) is 12.1. The summed E-state index contributed by atoms with van der Waals surface area (Å²) in [6.07, 6.45) is 0. The number of nitrogens with zero attached hydrogens (tertiary/aromatic N) is 3. The van der Waals surface area contributed by atoms with Crippen molar-refractivity contribution in [3.8, 4) is 0 Å². The Morgan fingerprint density at radius 1 is 1.25 bits per heavy atom. The summed E-state index contributed by atoms with van der Waals surface area (Å²) >= 11 is 2.88. The van der Waals surface area contributed by atoms with Gasteiger partial charge in [0.2, 0.25) is 5.13 Å². The minimum atomic E-state index is 0.113. The number of rotatable bonds is 10. The number of ketones is 1. The zero-order valence-electron chi connectivity index (χ0n) is 16.3. The van der Waals surface area contributed by atoms with E-state index in [0.29, 0.717) is 18.9 Å². The second-order valence-electron chi connectivity index (χ2n) is 6.36. The van der Waals surface area contributed by atoms with Gasteiger partial charge in [-0.2, -0.15) is 0 Å². The lowest BCUT2D eigenvalue weighted by Crippen LogP contribution is -2.07. The molecule has 0 aliphatic heterocycles. The number of benzene rings is 1. The number of aromatic nitrogens is 3. The highest BCUT2D eigenvalue weighted by Gasteiger charge is 2.17. The van der Waals surface area contributed by atoms with E-state index in [1.807, 2.05) is 38.1 Å². The van der Waals surface area contributed by atoms with E-state index < -0.39 is 0 Å². The van der Waals surface area contributed by atoms with E-state index in [2.05, 4.69) is 32.2 Å². The molecule has 1 aromatic carbocycles. The Morgan fingerprint density at radius 3 is 2.79 bits per heavy atom. The molecule has 0 unspecified atom stereocenters. The van der Waals surface area contributed by atoms with Crippen molar-refractivity contribution in [1.29, 1.82) is 0 Å². The minimum absolute atomic E-state index is 0.113. The summed E-state index contributed by atoms with van der Waals surface area (Å²) in [4.78, 5) is 12.8. The van der Waals surface area contributed by atoms with Crippen LogP contribution in [-0.4, -0.2) is 46.6 Å². The molecule has 0 amide bonds. The van der Waals surface area contributed by atoms with Crippen LogP contribution in [0.1, 0.15) is 27.3 Å². The third-order valence-electron chi connectivity index (χ3n) is 4.37. The molecule has 8 heteroatoms. The third-order valence-corrected chi connectivity index (χ3v) is 6.39. The first kappa shape index (κ1) is 20.6. The second kappa shape index (κ2) is 9.86. The second-order valence-corrected chi connectivity index (χ2v) is 8.56. The van der Waals surface area contributed by atoms with Crippen molar-refractivity contribution in [2.24, 2.45) is 0 Å². The third kappa shape index (κ3) is 5.21. The monoisotopic (exact) mass is 416 g/mol.